The van der Waals surface area contributed by atoms with E-state index in [0.29, 0.717) is 23.6 Å². The lowest BCUT2D eigenvalue weighted by atomic mass is 10.0. The van der Waals surface area contributed by atoms with Crippen molar-refractivity contribution in [1.29, 1.82) is 0 Å². The highest BCUT2D eigenvalue weighted by atomic mass is 35.5. The number of halogens is 1. The molecule has 5 rings (SSSR count). The third-order valence-corrected chi connectivity index (χ3v) is 9.71. The van der Waals surface area contributed by atoms with Crippen LogP contribution in [-0.2, 0) is 45.5 Å². The summed E-state index contributed by atoms with van der Waals surface area (Å²) < 4.78 is 33.2. The SMILES string of the molecule is COc1ccc(CN(C(=O)CCc2ccc(S(=O)(=O)NC3CC3)cc2)C(Cc2ccccc2)C(=O)NCc2ccc(Cl)cc2)cc1. The number of hydrogen-bond donors (Lipinski definition) is 2. The predicted octanol–water partition coefficient (Wildman–Crippen LogP) is 5.68. The Labute approximate surface area is 275 Å². The molecule has 8 nitrogen and oxygen atoms in total. The van der Waals surface area contributed by atoms with Crippen molar-refractivity contribution < 1.29 is 22.7 Å². The molecule has 1 fully saturated rings. The van der Waals surface area contributed by atoms with Gasteiger partial charge in [-0.25, -0.2) is 13.1 Å². The van der Waals surface area contributed by atoms with E-state index >= 15 is 0 Å². The van der Waals surface area contributed by atoms with Crippen molar-refractivity contribution in [3.63, 3.8) is 0 Å². The van der Waals surface area contributed by atoms with Gasteiger partial charge in [0.05, 0.1) is 12.0 Å². The molecule has 2 amide bonds. The number of carbonyl (C=O) groups excluding carboxylic acids is 2. The first kappa shape index (κ1) is 33.2. The molecule has 1 unspecified atom stereocenters. The number of benzene rings is 4. The van der Waals surface area contributed by atoms with Gasteiger partial charge in [0.15, 0.2) is 0 Å². The Morgan fingerprint density at radius 1 is 0.848 bits per heavy atom. The molecule has 4 aromatic carbocycles. The zero-order valence-corrected chi connectivity index (χ0v) is 27.3. The quantitative estimate of drug-likeness (QED) is 0.171. The first-order valence-corrected chi connectivity index (χ1v) is 17.2. The first-order valence-electron chi connectivity index (χ1n) is 15.3. The van der Waals surface area contributed by atoms with Crippen LogP contribution in [0.15, 0.2) is 108 Å². The number of nitrogens with one attached hydrogen (secondary N) is 2. The van der Waals surface area contributed by atoms with Crippen molar-refractivity contribution >= 4 is 33.4 Å². The number of amides is 2. The van der Waals surface area contributed by atoms with Crippen LogP contribution in [0.5, 0.6) is 5.75 Å². The predicted molar refractivity (Wildman–Crippen MR) is 179 cm³/mol. The Kier molecular flexibility index (Phi) is 11.1. The minimum absolute atomic E-state index is 0.0196. The van der Waals surface area contributed by atoms with Crippen LogP contribution in [0.4, 0.5) is 0 Å². The summed E-state index contributed by atoms with van der Waals surface area (Å²) in [6.45, 7) is 0.509. The van der Waals surface area contributed by atoms with E-state index < -0.39 is 16.1 Å². The highest BCUT2D eigenvalue weighted by molar-refractivity contribution is 7.89. The second-order valence-corrected chi connectivity index (χ2v) is 13.6. The number of aryl methyl sites for hydroxylation is 1. The van der Waals surface area contributed by atoms with Crippen molar-refractivity contribution in [3.05, 3.63) is 130 Å². The third-order valence-electron chi connectivity index (χ3n) is 7.92. The van der Waals surface area contributed by atoms with Crippen molar-refractivity contribution in [3.8, 4) is 5.75 Å². The van der Waals surface area contributed by atoms with Crippen molar-refractivity contribution in [2.75, 3.05) is 7.11 Å². The van der Waals surface area contributed by atoms with Crippen LogP contribution < -0.4 is 14.8 Å². The van der Waals surface area contributed by atoms with E-state index in [9.17, 15) is 18.0 Å². The lowest BCUT2D eigenvalue weighted by Crippen LogP contribution is -2.50. The molecule has 4 aromatic rings. The molecule has 1 saturated carbocycles. The summed E-state index contributed by atoms with van der Waals surface area (Å²) in [5, 5.41) is 3.64. The molecule has 0 aromatic heterocycles. The molecule has 2 N–H and O–H groups in total. The minimum Gasteiger partial charge on any atom is -0.497 e. The molecule has 0 heterocycles. The largest absolute Gasteiger partial charge is 0.497 e. The average molecular weight is 660 g/mol. The van der Waals surface area contributed by atoms with E-state index in [1.807, 2.05) is 66.7 Å². The summed E-state index contributed by atoms with van der Waals surface area (Å²) in [5.41, 5.74) is 3.51. The molecule has 0 radical (unpaired) electrons. The van der Waals surface area contributed by atoms with E-state index in [1.54, 1.807) is 48.4 Å². The summed E-state index contributed by atoms with van der Waals surface area (Å²) in [6, 6.07) is 30.2. The number of rotatable bonds is 15. The van der Waals surface area contributed by atoms with Crippen LogP contribution in [-0.4, -0.2) is 44.3 Å². The normalized spacial score (nSPS) is 13.5. The number of methoxy groups -OCH3 is 1. The summed E-state index contributed by atoms with van der Waals surface area (Å²) in [5.74, 6) is 0.241. The molecule has 0 aliphatic heterocycles. The molecule has 0 spiro atoms. The maximum Gasteiger partial charge on any atom is 0.243 e. The fourth-order valence-electron chi connectivity index (χ4n) is 5.11. The van der Waals surface area contributed by atoms with Gasteiger partial charge in [-0.2, -0.15) is 0 Å². The minimum atomic E-state index is -3.56. The van der Waals surface area contributed by atoms with Gasteiger partial charge in [0.1, 0.15) is 11.8 Å². The van der Waals surface area contributed by atoms with Crippen LogP contribution in [0.3, 0.4) is 0 Å². The Hall–Kier alpha value is -4.18. The maximum atomic E-state index is 14.0. The standard InChI is InChI=1S/C36H38ClN3O5S/c1-45-32-18-9-29(10-19-32)25-40(35(41)22-13-26-11-20-33(21-12-26)46(43,44)39-31-16-17-31)34(23-27-5-3-2-4-6-27)36(42)38-24-28-7-14-30(37)15-8-28/h2-12,14-15,18-21,31,34,39H,13,16-17,22-25H2,1H3,(H,38,42). The number of nitrogens with zero attached hydrogens (tertiary/aromatic N) is 1. The Balaban J connectivity index is 1.36. The van der Waals surface area contributed by atoms with Crippen LogP contribution in [0.25, 0.3) is 0 Å². The Bertz CT molecular complexity index is 1710. The van der Waals surface area contributed by atoms with Gasteiger partial charge in [-0.05, 0) is 77.9 Å². The number of sulfonamides is 1. The molecule has 0 bridgehead atoms. The van der Waals surface area contributed by atoms with Crippen LogP contribution in [0.2, 0.25) is 5.02 Å². The van der Waals surface area contributed by atoms with Gasteiger partial charge in [-0.15, -0.1) is 0 Å². The lowest BCUT2D eigenvalue weighted by Gasteiger charge is -2.32. The average Bonchev–Trinajstić information content (AvgIpc) is 3.89. The fraction of sp³-hybridized carbons (Fsp3) is 0.278. The molecule has 1 atom stereocenters. The first-order chi connectivity index (χ1) is 22.2. The molecule has 1 aliphatic carbocycles. The zero-order valence-electron chi connectivity index (χ0n) is 25.7. The molecule has 46 heavy (non-hydrogen) atoms. The second-order valence-electron chi connectivity index (χ2n) is 11.5. The fourth-order valence-corrected chi connectivity index (χ4v) is 6.54. The van der Waals surface area contributed by atoms with E-state index in [-0.39, 0.29) is 42.3 Å². The van der Waals surface area contributed by atoms with Crippen molar-refractivity contribution in [2.24, 2.45) is 0 Å². The third kappa shape index (κ3) is 9.42. The second kappa shape index (κ2) is 15.4. The monoisotopic (exact) mass is 659 g/mol. The molecular formula is C36H38ClN3O5S. The Morgan fingerprint density at radius 2 is 1.48 bits per heavy atom. The van der Waals surface area contributed by atoms with Gasteiger partial charge in [0.25, 0.3) is 0 Å². The van der Waals surface area contributed by atoms with Gasteiger partial charge < -0.3 is 15.0 Å². The summed E-state index contributed by atoms with van der Waals surface area (Å²) in [4.78, 5) is 29.8. The maximum absolute atomic E-state index is 14.0. The van der Waals surface area contributed by atoms with E-state index in [2.05, 4.69) is 10.0 Å². The highest BCUT2D eigenvalue weighted by Crippen LogP contribution is 2.23. The highest BCUT2D eigenvalue weighted by Gasteiger charge is 2.31. The van der Waals surface area contributed by atoms with E-state index in [0.717, 1.165) is 35.1 Å². The van der Waals surface area contributed by atoms with Gasteiger partial charge in [0.2, 0.25) is 21.8 Å². The summed E-state index contributed by atoms with van der Waals surface area (Å²) >= 11 is 6.04. The van der Waals surface area contributed by atoms with Crippen molar-refractivity contribution in [2.45, 2.75) is 62.2 Å². The van der Waals surface area contributed by atoms with Crippen LogP contribution in [0, 0.1) is 0 Å². The molecular weight excluding hydrogens is 622 g/mol. The number of carbonyl (C=O) groups is 2. The van der Waals surface area contributed by atoms with E-state index in [4.69, 9.17) is 16.3 Å². The van der Waals surface area contributed by atoms with Crippen LogP contribution in [0.1, 0.15) is 41.5 Å². The smallest absolute Gasteiger partial charge is 0.243 e. The molecule has 10 heteroatoms. The summed E-state index contributed by atoms with van der Waals surface area (Å²) in [6.07, 6.45) is 2.57. The van der Waals surface area contributed by atoms with Gasteiger partial charge >= 0.3 is 0 Å². The topological polar surface area (TPSA) is 105 Å². The summed E-state index contributed by atoms with van der Waals surface area (Å²) in [7, 11) is -1.97. The Morgan fingerprint density at radius 3 is 2.11 bits per heavy atom. The van der Waals surface area contributed by atoms with Gasteiger partial charge in [0, 0.05) is 37.0 Å². The zero-order chi connectivity index (χ0) is 32.5. The number of ether oxygens (including phenoxy) is 1. The molecule has 240 valence electrons. The van der Waals surface area contributed by atoms with Crippen molar-refractivity contribution in [1.82, 2.24) is 14.9 Å². The van der Waals surface area contributed by atoms with Gasteiger partial charge in [-0.3, -0.25) is 9.59 Å². The van der Waals surface area contributed by atoms with Crippen LogP contribution >= 0.6 is 11.6 Å². The van der Waals surface area contributed by atoms with E-state index in [1.165, 1.54) is 0 Å². The molecule has 0 saturated heterocycles. The molecule has 1 aliphatic rings. The lowest BCUT2D eigenvalue weighted by molar-refractivity contribution is -0.141. The number of hydrogen-bond acceptors (Lipinski definition) is 5. The van der Waals surface area contributed by atoms with Gasteiger partial charge in [-0.1, -0.05) is 78.3 Å².